The van der Waals surface area contributed by atoms with Crippen molar-refractivity contribution in [3.63, 3.8) is 0 Å². The lowest BCUT2D eigenvalue weighted by molar-refractivity contribution is 0.660. The second-order valence-corrected chi connectivity index (χ2v) is 16.0. The van der Waals surface area contributed by atoms with Gasteiger partial charge in [0.15, 0.2) is 0 Å². The highest BCUT2D eigenvalue weighted by molar-refractivity contribution is 9.10. The maximum absolute atomic E-state index is 6.30. The molecule has 268 valence electrons. The maximum Gasteiger partial charge on any atom is 0.135 e. The molecule has 2 aromatic heterocycles. The number of benzene rings is 8. The van der Waals surface area contributed by atoms with Crippen LogP contribution in [0, 0.1) is 0 Å². The molecule has 2 heterocycles. The zero-order valence-electron chi connectivity index (χ0n) is 30.8. The van der Waals surface area contributed by atoms with Gasteiger partial charge < -0.3 is 18.6 Å². The first kappa shape index (κ1) is 32.8. The Balaban J connectivity index is 1.14. The van der Waals surface area contributed by atoms with Gasteiger partial charge in [0.25, 0.3) is 0 Å². The molecule has 0 bridgehead atoms. The van der Waals surface area contributed by atoms with Crippen LogP contribution in [0.25, 0.3) is 55.0 Å². The minimum absolute atomic E-state index is 0.0928. The molecule has 0 atom stereocenters. The summed E-state index contributed by atoms with van der Waals surface area (Å²) in [5, 5.41) is 4.36. The van der Waals surface area contributed by atoms with E-state index in [0.29, 0.717) is 0 Å². The number of halogens is 1. The van der Waals surface area contributed by atoms with Crippen molar-refractivity contribution < 1.29 is 8.83 Å². The number of furan rings is 2. The van der Waals surface area contributed by atoms with Gasteiger partial charge in [0.1, 0.15) is 22.3 Å². The molecule has 4 nitrogen and oxygen atoms in total. The summed E-state index contributed by atoms with van der Waals surface area (Å²) in [6.07, 6.45) is 0. The molecule has 0 N–H and O–H groups in total. The van der Waals surface area contributed by atoms with Crippen LogP contribution in [-0.4, -0.2) is 0 Å². The van der Waals surface area contributed by atoms with E-state index < -0.39 is 0 Å². The van der Waals surface area contributed by atoms with Gasteiger partial charge in [-0.2, -0.15) is 0 Å². The molecule has 0 aliphatic heterocycles. The largest absolute Gasteiger partial charge is 0.456 e. The summed E-state index contributed by atoms with van der Waals surface area (Å²) in [5.74, 6) is 0. The van der Waals surface area contributed by atoms with Gasteiger partial charge in [-0.15, -0.1) is 0 Å². The Bertz CT molecular complexity index is 3160. The number of para-hydroxylation sites is 3. The molecule has 0 spiro atoms. The Labute approximate surface area is 333 Å². The van der Waals surface area contributed by atoms with Crippen LogP contribution in [-0.2, 0) is 5.41 Å². The third kappa shape index (κ3) is 5.11. The summed E-state index contributed by atoms with van der Waals surface area (Å²) >= 11 is 3.97. The zero-order valence-corrected chi connectivity index (χ0v) is 32.4. The first-order chi connectivity index (χ1) is 27.4. The molecule has 8 aromatic carbocycles. The van der Waals surface area contributed by atoms with E-state index in [0.717, 1.165) is 82.5 Å². The Morgan fingerprint density at radius 3 is 1.50 bits per heavy atom. The zero-order chi connectivity index (χ0) is 37.5. The third-order valence-electron chi connectivity index (χ3n) is 11.5. The van der Waals surface area contributed by atoms with E-state index in [-0.39, 0.29) is 5.41 Å². The fourth-order valence-corrected chi connectivity index (χ4v) is 9.31. The first-order valence-electron chi connectivity index (χ1n) is 18.9. The standard InChI is InChI=1S/C51H35BrN2O2/c1-51(2)45-17-9-6-14-39(45)42-29-34(20-23-46(42)51)54(36-22-25-50-44(31-36)41-16-8-11-19-48(41)56-50)38-27-32(52)26-37(28-38)53(33-12-4-3-5-13-33)35-21-24-49-43(30-35)40-15-7-10-18-47(40)55-49/h3-31H,1-2H3. The number of nitrogens with zero attached hydrogens (tertiary/aromatic N) is 2. The number of anilines is 6. The molecular formula is C51H35BrN2O2. The van der Waals surface area contributed by atoms with Gasteiger partial charge in [-0.25, -0.2) is 0 Å². The van der Waals surface area contributed by atoms with E-state index in [1.165, 1.54) is 22.3 Å². The van der Waals surface area contributed by atoms with Crippen molar-refractivity contribution in [2.75, 3.05) is 9.80 Å². The fourth-order valence-electron chi connectivity index (χ4n) is 8.84. The highest BCUT2D eigenvalue weighted by atomic mass is 79.9. The van der Waals surface area contributed by atoms with Crippen LogP contribution < -0.4 is 9.80 Å². The number of hydrogen-bond acceptors (Lipinski definition) is 4. The van der Waals surface area contributed by atoms with Crippen LogP contribution in [0.1, 0.15) is 25.0 Å². The Hall–Kier alpha value is -6.56. The smallest absolute Gasteiger partial charge is 0.135 e. The molecule has 1 aliphatic rings. The van der Waals surface area contributed by atoms with Crippen molar-refractivity contribution in [2.24, 2.45) is 0 Å². The van der Waals surface area contributed by atoms with Gasteiger partial charge >= 0.3 is 0 Å². The molecule has 1 aliphatic carbocycles. The van der Waals surface area contributed by atoms with Crippen molar-refractivity contribution in [3.05, 3.63) is 192 Å². The second kappa shape index (κ2) is 12.5. The lowest BCUT2D eigenvalue weighted by Crippen LogP contribution is -2.15. The van der Waals surface area contributed by atoms with Gasteiger partial charge in [-0.1, -0.05) is 115 Å². The Morgan fingerprint density at radius 1 is 0.375 bits per heavy atom. The van der Waals surface area contributed by atoms with E-state index in [2.05, 4.69) is 191 Å². The van der Waals surface area contributed by atoms with Gasteiger partial charge in [0.2, 0.25) is 0 Å². The lowest BCUT2D eigenvalue weighted by atomic mass is 9.82. The lowest BCUT2D eigenvalue weighted by Gasteiger charge is -2.30. The molecule has 0 radical (unpaired) electrons. The summed E-state index contributed by atoms with van der Waals surface area (Å²) in [7, 11) is 0. The summed E-state index contributed by atoms with van der Waals surface area (Å²) in [6.45, 7) is 4.66. The van der Waals surface area contributed by atoms with Gasteiger partial charge in [-0.3, -0.25) is 0 Å². The molecule has 56 heavy (non-hydrogen) atoms. The highest BCUT2D eigenvalue weighted by Crippen LogP contribution is 2.51. The molecule has 0 unspecified atom stereocenters. The van der Waals surface area contributed by atoms with E-state index >= 15 is 0 Å². The van der Waals surface area contributed by atoms with E-state index in [4.69, 9.17) is 8.83 Å². The number of fused-ring (bicyclic) bond motifs is 9. The quantitative estimate of drug-likeness (QED) is 0.168. The molecule has 5 heteroatoms. The Morgan fingerprint density at radius 2 is 0.857 bits per heavy atom. The molecule has 0 saturated carbocycles. The number of hydrogen-bond donors (Lipinski definition) is 0. The van der Waals surface area contributed by atoms with Crippen LogP contribution in [0.5, 0.6) is 0 Å². The predicted octanol–water partition coefficient (Wildman–Crippen LogP) is 15.5. The highest BCUT2D eigenvalue weighted by Gasteiger charge is 2.35. The summed E-state index contributed by atoms with van der Waals surface area (Å²) < 4.78 is 13.5. The normalized spacial score (nSPS) is 13.1. The average Bonchev–Trinajstić information content (AvgIpc) is 3.86. The van der Waals surface area contributed by atoms with Crippen LogP contribution in [0.15, 0.2) is 189 Å². The van der Waals surface area contributed by atoms with Crippen LogP contribution in [0.2, 0.25) is 0 Å². The molecule has 11 rings (SSSR count). The fraction of sp³-hybridized carbons (Fsp3) is 0.0588. The van der Waals surface area contributed by atoms with E-state index in [1.54, 1.807) is 0 Å². The minimum atomic E-state index is -0.0928. The summed E-state index contributed by atoms with van der Waals surface area (Å²) in [5.41, 5.74) is 14.9. The second-order valence-electron chi connectivity index (χ2n) is 15.1. The number of rotatable bonds is 6. The van der Waals surface area contributed by atoms with Gasteiger partial charge in [0, 0.05) is 65.6 Å². The summed E-state index contributed by atoms with van der Waals surface area (Å²) in [4.78, 5) is 4.70. The minimum Gasteiger partial charge on any atom is -0.456 e. The van der Waals surface area contributed by atoms with Crippen molar-refractivity contribution >= 4 is 93.9 Å². The Kier molecular flexibility index (Phi) is 7.32. The third-order valence-corrected chi connectivity index (χ3v) is 11.9. The van der Waals surface area contributed by atoms with E-state index in [1.807, 2.05) is 24.3 Å². The topological polar surface area (TPSA) is 32.8 Å². The SMILES string of the molecule is CC1(C)c2ccccc2-c2cc(N(c3cc(Br)cc(N(c4ccccc4)c4ccc5oc6ccccc6c5c4)c3)c3ccc4oc5ccccc5c4c3)ccc21. The average molecular weight is 788 g/mol. The van der Waals surface area contributed by atoms with Crippen LogP contribution in [0.3, 0.4) is 0 Å². The van der Waals surface area contributed by atoms with Crippen LogP contribution in [0.4, 0.5) is 34.1 Å². The summed E-state index contributed by atoms with van der Waals surface area (Å²) in [6, 6.07) is 62.6. The van der Waals surface area contributed by atoms with Crippen molar-refractivity contribution in [1.82, 2.24) is 0 Å². The van der Waals surface area contributed by atoms with Crippen molar-refractivity contribution in [2.45, 2.75) is 19.3 Å². The van der Waals surface area contributed by atoms with Gasteiger partial charge in [0.05, 0.1) is 0 Å². The van der Waals surface area contributed by atoms with Crippen LogP contribution >= 0.6 is 15.9 Å². The molecule has 0 amide bonds. The first-order valence-corrected chi connectivity index (χ1v) is 19.7. The van der Waals surface area contributed by atoms with Crippen molar-refractivity contribution in [3.8, 4) is 11.1 Å². The molecule has 0 saturated heterocycles. The monoisotopic (exact) mass is 786 g/mol. The van der Waals surface area contributed by atoms with Crippen molar-refractivity contribution in [1.29, 1.82) is 0 Å². The molecule has 10 aromatic rings. The maximum atomic E-state index is 6.30. The van der Waals surface area contributed by atoms with Gasteiger partial charge in [-0.05, 0) is 113 Å². The molecule has 0 fully saturated rings. The molecular weight excluding hydrogens is 752 g/mol. The predicted molar refractivity (Wildman–Crippen MR) is 236 cm³/mol. The van der Waals surface area contributed by atoms with E-state index in [9.17, 15) is 0 Å².